The number of hydrogen-bond acceptors (Lipinski definition) is 2. The molecule has 1 aliphatic heterocycles. The van der Waals surface area contributed by atoms with Gasteiger partial charge in [0.15, 0.2) is 0 Å². The molecule has 0 fully saturated rings. The van der Waals surface area contributed by atoms with Crippen molar-refractivity contribution in [3.63, 3.8) is 0 Å². The molecule has 0 radical (unpaired) electrons. The first-order chi connectivity index (χ1) is 10.3. The number of nitrogens with zero attached hydrogens (tertiary/aromatic N) is 3. The lowest BCUT2D eigenvalue weighted by Crippen LogP contribution is -2.08. The zero-order valence-corrected chi connectivity index (χ0v) is 12.1. The van der Waals surface area contributed by atoms with Gasteiger partial charge in [0.05, 0.1) is 11.2 Å². The zero-order valence-electron chi connectivity index (χ0n) is 12.1. The lowest BCUT2D eigenvalue weighted by atomic mass is 9.95. The van der Waals surface area contributed by atoms with Gasteiger partial charge in [-0.3, -0.25) is 9.38 Å². The van der Waals surface area contributed by atoms with E-state index in [2.05, 4.69) is 41.4 Å². The number of fused-ring (bicyclic) bond motifs is 3. The van der Waals surface area contributed by atoms with Crippen molar-refractivity contribution < 1.29 is 0 Å². The average molecular weight is 273 g/mol. The Morgan fingerprint density at radius 3 is 2.86 bits per heavy atom. The van der Waals surface area contributed by atoms with E-state index in [0.717, 1.165) is 24.2 Å². The van der Waals surface area contributed by atoms with Crippen molar-refractivity contribution in [3.8, 4) is 0 Å². The minimum atomic E-state index is 1.08. The van der Waals surface area contributed by atoms with Crippen molar-refractivity contribution in [2.45, 2.75) is 26.7 Å². The highest BCUT2D eigenvalue weighted by atomic mass is 15.0. The number of aromatic nitrogens is 3. The molecule has 1 aromatic carbocycles. The molecule has 21 heavy (non-hydrogen) atoms. The van der Waals surface area contributed by atoms with E-state index in [4.69, 9.17) is 4.98 Å². The molecule has 0 saturated carbocycles. The molecule has 0 saturated heterocycles. The van der Waals surface area contributed by atoms with E-state index in [1.54, 1.807) is 0 Å². The molecule has 5 rings (SSSR count). The second kappa shape index (κ2) is 3.61. The molecule has 102 valence electrons. The van der Waals surface area contributed by atoms with Gasteiger partial charge in [-0.15, -0.1) is 0 Å². The summed E-state index contributed by atoms with van der Waals surface area (Å²) in [6.45, 7) is 4.32. The van der Waals surface area contributed by atoms with Crippen molar-refractivity contribution in [1.82, 2.24) is 14.4 Å². The standard InChI is InChI=1S/C18H15N3/c1-10-3-4-12-5-6-15-11(2)20-18-13-7-8-19-9-14(13)16(10)17(12)21(15)18/h3-4,7-9H,5-6H2,1-2H3. The van der Waals surface area contributed by atoms with Crippen LogP contribution in [-0.2, 0) is 12.8 Å². The fraction of sp³-hybridized carbons (Fsp3) is 0.222. The van der Waals surface area contributed by atoms with Crippen LogP contribution >= 0.6 is 0 Å². The number of benzene rings is 1. The molecule has 4 heterocycles. The van der Waals surface area contributed by atoms with Crippen molar-refractivity contribution in [3.05, 3.63) is 53.1 Å². The Morgan fingerprint density at radius 2 is 1.95 bits per heavy atom. The average Bonchev–Trinajstić information content (AvgIpc) is 2.85. The Bertz CT molecular complexity index is 1060. The summed E-state index contributed by atoms with van der Waals surface area (Å²) in [6, 6.07) is 6.61. The molecule has 0 amide bonds. The SMILES string of the molecule is Cc1nc2c3ccncc3c3c(C)ccc4c3n2c1CC4. The lowest BCUT2D eigenvalue weighted by Gasteiger charge is -2.19. The van der Waals surface area contributed by atoms with Gasteiger partial charge in [-0.05, 0) is 43.9 Å². The molecule has 3 aromatic heterocycles. The molecule has 0 aliphatic carbocycles. The van der Waals surface area contributed by atoms with Crippen molar-refractivity contribution >= 4 is 27.3 Å². The van der Waals surface area contributed by atoms with Crippen molar-refractivity contribution in [2.75, 3.05) is 0 Å². The van der Waals surface area contributed by atoms with E-state index in [9.17, 15) is 0 Å². The number of pyridine rings is 2. The van der Waals surface area contributed by atoms with Crippen LogP contribution in [0.2, 0.25) is 0 Å². The summed E-state index contributed by atoms with van der Waals surface area (Å²) in [4.78, 5) is 9.21. The molecule has 1 aliphatic rings. The zero-order chi connectivity index (χ0) is 14.1. The van der Waals surface area contributed by atoms with Crippen LogP contribution in [0.4, 0.5) is 0 Å². The monoisotopic (exact) mass is 273 g/mol. The van der Waals surface area contributed by atoms with E-state index in [0.29, 0.717) is 0 Å². The summed E-state index contributed by atoms with van der Waals surface area (Å²) in [7, 11) is 0. The van der Waals surface area contributed by atoms with E-state index >= 15 is 0 Å². The smallest absolute Gasteiger partial charge is 0.145 e. The molecule has 0 spiro atoms. The fourth-order valence-electron chi connectivity index (χ4n) is 3.85. The minimum absolute atomic E-state index is 1.08. The summed E-state index contributed by atoms with van der Waals surface area (Å²) < 4.78 is 2.39. The van der Waals surface area contributed by atoms with Crippen LogP contribution in [0, 0.1) is 13.8 Å². The molecule has 3 nitrogen and oxygen atoms in total. The largest absolute Gasteiger partial charge is 0.296 e. The second-order valence-corrected chi connectivity index (χ2v) is 5.99. The number of aryl methyl sites for hydroxylation is 4. The van der Waals surface area contributed by atoms with Gasteiger partial charge < -0.3 is 0 Å². The summed E-state index contributed by atoms with van der Waals surface area (Å²) in [5, 5.41) is 3.76. The van der Waals surface area contributed by atoms with E-state index < -0.39 is 0 Å². The van der Waals surface area contributed by atoms with Crippen molar-refractivity contribution in [2.24, 2.45) is 0 Å². The van der Waals surface area contributed by atoms with Crippen LogP contribution in [0.5, 0.6) is 0 Å². The van der Waals surface area contributed by atoms with Crippen molar-refractivity contribution in [1.29, 1.82) is 0 Å². The van der Waals surface area contributed by atoms with Gasteiger partial charge in [0, 0.05) is 34.2 Å². The molecule has 0 unspecified atom stereocenters. The Hall–Kier alpha value is -2.42. The highest BCUT2D eigenvalue weighted by molar-refractivity contribution is 6.13. The van der Waals surface area contributed by atoms with Gasteiger partial charge in [-0.25, -0.2) is 4.98 Å². The second-order valence-electron chi connectivity index (χ2n) is 5.99. The van der Waals surface area contributed by atoms with Crippen LogP contribution in [-0.4, -0.2) is 14.4 Å². The Balaban J connectivity index is 2.27. The Morgan fingerprint density at radius 1 is 1.05 bits per heavy atom. The Labute approximate surface area is 122 Å². The maximum Gasteiger partial charge on any atom is 0.145 e. The van der Waals surface area contributed by atoms with E-state index in [-0.39, 0.29) is 0 Å². The first-order valence-corrected chi connectivity index (χ1v) is 7.41. The maximum atomic E-state index is 4.86. The Kier molecular flexibility index (Phi) is 1.94. The van der Waals surface area contributed by atoms with Gasteiger partial charge in [0.1, 0.15) is 5.65 Å². The molecule has 4 aromatic rings. The van der Waals surface area contributed by atoms with Gasteiger partial charge in [0.2, 0.25) is 0 Å². The fourth-order valence-corrected chi connectivity index (χ4v) is 3.85. The highest BCUT2D eigenvalue weighted by Gasteiger charge is 2.22. The molecular formula is C18H15N3. The first kappa shape index (κ1) is 11.3. The van der Waals surface area contributed by atoms with Gasteiger partial charge in [-0.1, -0.05) is 12.1 Å². The molecule has 0 bridgehead atoms. The number of rotatable bonds is 0. The van der Waals surface area contributed by atoms with Gasteiger partial charge in [-0.2, -0.15) is 0 Å². The van der Waals surface area contributed by atoms with Crippen LogP contribution in [0.3, 0.4) is 0 Å². The molecule has 3 heteroatoms. The van der Waals surface area contributed by atoms with Crippen LogP contribution in [0.15, 0.2) is 30.6 Å². The van der Waals surface area contributed by atoms with Crippen LogP contribution in [0.1, 0.15) is 22.5 Å². The maximum absolute atomic E-state index is 4.86. The summed E-state index contributed by atoms with van der Waals surface area (Å²) >= 11 is 0. The molecule has 0 N–H and O–H groups in total. The summed E-state index contributed by atoms with van der Waals surface area (Å²) in [5.74, 6) is 0. The predicted molar refractivity (Wildman–Crippen MR) is 84.9 cm³/mol. The van der Waals surface area contributed by atoms with Crippen LogP contribution in [0.25, 0.3) is 27.3 Å². The number of imidazole rings is 1. The lowest BCUT2D eigenvalue weighted by molar-refractivity contribution is 0.865. The molecule has 0 atom stereocenters. The third-order valence-electron chi connectivity index (χ3n) is 4.83. The minimum Gasteiger partial charge on any atom is -0.296 e. The van der Waals surface area contributed by atoms with Gasteiger partial charge >= 0.3 is 0 Å². The predicted octanol–water partition coefficient (Wildman–Crippen LogP) is 3.75. The van der Waals surface area contributed by atoms with E-state index in [1.165, 1.54) is 38.5 Å². The van der Waals surface area contributed by atoms with Gasteiger partial charge in [0.25, 0.3) is 0 Å². The topological polar surface area (TPSA) is 30.2 Å². The molecular weight excluding hydrogens is 258 g/mol. The highest BCUT2D eigenvalue weighted by Crippen LogP contribution is 2.37. The summed E-state index contributed by atoms with van der Waals surface area (Å²) in [6.07, 6.45) is 6.03. The first-order valence-electron chi connectivity index (χ1n) is 7.41. The third kappa shape index (κ3) is 1.24. The normalized spacial score (nSPS) is 13.8. The summed E-state index contributed by atoms with van der Waals surface area (Å²) in [5.41, 5.74) is 7.69. The third-order valence-corrected chi connectivity index (χ3v) is 4.83. The number of hydrogen-bond donors (Lipinski definition) is 0. The van der Waals surface area contributed by atoms with Crippen LogP contribution < -0.4 is 0 Å². The quantitative estimate of drug-likeness (QED) is 0.457. The van der Waals surface area contributed by atoms with E-state index in [1.807, 2.05) is 12.4 Å².